The van der Waals surface area contributed by atoms with Gasteiger partial charge >= 0.3 is 5.97 Å². The molecule has 1 aliphatic rings. The SMILES string of the molecule is COc1cc(C(=O)O)ccc1NC(=O)[C@H](C1CCCCC1)n1c(-c2ccc(Cl)cc2)nc2cc(F)c(F)cc21. The van der Waals surface area contributed by atoms with Gasteiger partial charge in [-0.3, -0.25) is 4.79 Å². The van der Waals surface area contributed by atoms with Gasteiger partial charge in [-0.2, -0.15) is 0 Å². The lowest BCUT2D eigenvalue weighted by atomic mass is 9.83. The van der Waals surface area contributed by atoms with Crippen LogP contribution in [0.2, 0.25) is 5.02 Å². The molecule has 2 N–H and O–H groups in total. The number of hydrogen-bond acceptors (Lipinski definition) is 4. The molecule has 0 spiro atoms. The third kappa shape index (κ3) is 5.31. The molecule has 0 radical (unpaired) electrons. The highest BCUT2D eigenvalue weighted by Crippen LogP contribution is 2.40. The maximum absolute atomic E-state index is 14.6. The molecule has 5 rings (SSSR count). The summed E-state index contributed by atoms with van der Waals surface area (Å²) in [6.45, 7) is 0. The van der Waals surface area contributed by atoms with Gasteiger partial charge in [-0.25, -0.2) is 18.6 Å². The number of aromatic carboxylic acids is 1. The van der Waals surface area contributed by atoms with E-state index in [-0.39, 0.29) is 28.3 Å². The molecule has 1 amide bonds. The highest BCUT2D eigenvalue weighted by Gasteiger charge is 2.35. The van der Waals surface area contributed by atoms with Crippen LogP contribution in [0.3, 0.4) is 0 Å². The van der Waals surface area contributed by atoms with E-state index in [4.69, 9.17) is 16.3 Å². The predicted molar refractivity (Wildman–Crippen MR) is 144 cm³/mol. The fraction of sp³-hybridized carbons (Fsp3) is 0.276. The number of fused-ring (bicyclic) bond motifs is 1. The molecule has 1 aromatic heterocycles. The van der Waals surface area contributed by atoms with E-state index in [1.165, 1.54) is 25.3 Å². The quantitative estimate of drug-likeness (QED) is 0.254. The summed E-state index contributed by atoms with van der Waals surface area (Å²) in [5.41, 5.74) is 1.45. The zero-order chi connectivity index (χ0) is 27.7. The zero-order valence-corrected chi connectivity index (χ0v) is 21.8. The largest absolute Gasteiger partial charge is 0.495 e. The van der Waals surface area contributed by atoms with Gasteiger partial charge < -0.3 is 19.7 Å². The number of carboxylic acids is 1. The lowest BCUT2D eigenvalue weighted by molar-refractivity contribution is -0.121. The Morgan fingerprint density at radius 1 is 1.05 bits per heavy atom. The molecule has 4 aromatic rings. The molecule has 1 atom stereocenters. The summed E-state index contributed by atoms with van der Waals surface area (Å²) in [5.74, 6) is -3.14. The first-order valence-corrected chi connectivity index (χ1v) is 13.0. The summed E-state index contributed by atoms with van der Waals surface area (Å²) >= 11 is 6.10. The third-order valence-corrected chi connectivity index (χ3v) is 7.44. The van der Waals surface area contributed by atoms with E-state index in [1.807, 2.05) is 0 Å². The summed E-state index contributed by atoms with van der Waals surface area (Å²) in [4.78, 5) is 30.2. The van der Waals surface area contributed by atoms with Gasteiger partial charge in [-0.1, -0.05) is 30.9 Å². The van der Waals surface area contributed by atoms with Crippen LogP contribution in [0.5, 0.6) is 5.75 Å². The van der Waals surface area contributed by atoms with Gasteiger partial charge in [0.2, 0.25) is 5.91 Å². The number of carbonyl (C=O) groups is 2. The Labute approximate surface area is 228 Å². The maximum Gasteiger partial charge on any atom is 0.335 e. The number of aromatic nitrogens is 2. The lowest BCUT2D eigenvalue weighted by Gasteiger charge is -2.32. The smallest absolute Gasteiger partial charge is 0.335 e. The Hall–Kier alpha value is -3.98. The monoisotopic (exact) mass is 553 g/mol. The fourth-order valence-corrected chi connectivity index (χ4v) is 5.43. The molecule has 0 aliphatic heterocycles. The van der Waals surface area contributed by atoms with Gasteiger partial charge in [0.25, 0.3) is 0 Å². The Bertz CT molecular complexity index is 1550. The third-order valence-electron chi connectivity index (χ3n) is 7.18. The number of benzene rings is 3. The van der Waals surface area contributed by atoms with Crippen LogP contribution in [0.4, 0.5) is 14.5 Å². The van der Waals surface area contributed by atoms with E-state index >= 15 is 0 Å². The van der Waals surface area contributed by atoms with Crippen molar-refractivity contribution in [1.82, 2.24) is 9.55 Å². The summed E-state index contributed by atoms with van der Waals surface area (Å²) in [6.07, 6.45) is 4.42. The minimum Gasteiger partial charge on any atom is -0.495 e. The number of methoxy groups -OCH3 is 1. The summed E-state index contributed by atoms with van der Waals surface area (Å²) in [5, 5.41) is 12.7. The minimum absolute atomic E-state index is 0.0109. The Balaban J connectivity index is 1.67. The van der Waals surface area contributed by atoms with Crippen LogP contribution >= 0.6 is 11.6 Å². The van der Waals surface area contributed by atoms with Crippen LogP contribution in [-0.4, -0.2) is 33.6 Å². The van der Waals surface area contributed by atoms with Gasteiger partial charge in [0, 0.05) is 22.7 Å². The van der Waals surface area contributed by atoms with E-state index in [2.05, 4.69) is 10.3 Å². The topological polar surface area (TPSA) is 93.5 Å². The first kappa shape index (κ1) is 26.6. The number of hydrogen-bond donors (Lipinski definition) is 2. The van der Waals surface area contributed by atoms with Gasteiger partial charge in [-0.15, -0.1) is 0 Å². The van der Waals surface area contributed by atoms with Crippen LogP contribution in [0.1, 0.15) is 48.5 Å². The van der Waals surface area contributed by atoms with E-state index in [9.17, 15) is 23.5 Å². The van der Waals surface area contributed by atoms with Gasteiger partial charge in [0.15, 0.2) is 11.6 Å². The second-order valence-corrected chi connectivity index (χ2v) is 10.1. The maximum atomic E-state index is 14.6. The molecule has 3 aromatic carbocycles. The highest BCUT2D eigenvalue weighted by atomic mass is 35.5. The first-order valence-electron chi connectivity index (χ1n) is 12.6. The van der Waals surface area contributed by atoms with Crippen molar-refractivity contribution in [2.45, 2.75) is 38.1 Å². The van der Waals surface area contributed by atoms with Crippen LogP contribution in [0.25, 0.3) is 22.4 Å². The summed E-state index contributed by atoms with van der Waals surface area (Å²) in [6, 6.07) is 12.3. The van der Waals surface area contributed by atoms with Crippen molar-refractivity contribution in [1.29, 1.82) is 0 Å². The number of nitrogens with zero attached hydrogens (tertiary/aromatic N) is 2. The number of nitrogens with one attached hydrogen (secondary N) is 1. The Kier molecular flexibility index (Phi) is 7.52. The number of ether oxygens (including phenoxy) is 1. The summed E-state index contributed by atoms with van der Waals surface area (Å²) in [7, 11) is 1.38. The molecular formula is C29H26ClF2N3O4. The molecule has 0 saturated heterocycles. The molecule has 1 aliphatic carbocycles. The van der Waals surface area contributed by atoms with E-state index < -0.39 is 29.6 Å². The van der Waals surface area contributed by atoms with Gasteiger partial charge in [0.05, 0.1) is 29.4 Å². The Morgan fingerprint density at radius 2 is 1.74 bits per heavy atom. The van der Waals surface area contributed by atoms with Crippen LogP contribution in [-0.2, 0) is 4.79 Å². The van der Waals surface area contributed by atoms with Gasteiger partial charge in [-0.05, 0) is 61.2 Å². The van der Waals surface area contributed by atoms with Crippen LogP contribution in [0, 0.1) is 17.6 Å². The number of carboxylic acid groups (broad SMARTS) is 1. The second kappa shape index (κ2) is 11.0. The van der Waals surface area contributed by atoms with Crippen LogP contribution in [0.15, 0.2) is 54.6 Å². The molecule has 1 saturated carbocycles. The molecule has 1 fully saturated rings. The molecule has 39 heavy (non-hydrogen) atoms. The van der Waals surface area contributed by atoms with Gasteiger partial charge in [0.1, 0.15) is 17.6 Å². The number of amides is 1. The molecule has 1 heterocycles. The lowest BCUT2D eigenvalue weighted by Crippen LogP contribution is -2.33. The zero-order valence-electron chi connectivity index (χ0n) is 21.1. The number of halogens is 3. The number of rotatable bonds is 7. The van der Waals surface area contributed by atoms with Crippen molar-refractivity contribution in [3.63, 3.8) is 0 Å². The average Bonchev–Trinajstić information content (AvgIpc) is 3.27. The molecular weight excluding hydrogens is 528 g/mol. The number of imidazole rings is 1. The standard InChI is InChI=1S/C29H26ClF2N3O4/c1-39-25-13-18(29(37)38)9-12-22(25)34-28(36)26(16-5-3-2-4-6-16)35-24-15-21(32)20(31)14-23(24)33-27(35)17-7-10-19(30)11-8-17/h7-16,26H,2-6H2,1H3,(H,34,36)(H,37,38)/t26-/m0/s1. The second-order valence-electron chi connectivity index (χ2n) is 9.62. The predicted octanol–water partition coefficient (Wildman–Crippen LogP) is 7.10. The molecule has 7 nitrogen and oxygen atoms in total. The average molecular weight is 554 g/mol. The molecule has 0 bridgehead atoms. The highest BCUT2D eigenvalue weighted by molar-refractivity contribution is 6.30. The summed E-state index contributed by atoms with van der Waals surface area (Å²) < 4.78 is 35.8. The van der Waals surface area contributed by atoms with E-state index in [0.717, 1.165) is 44.2 Å². The fourth-order valence-electron chi connectivity index (χ4n) is 5.30. The minimum atomic E-state index is -1.13. The van der Waals surface area contributed by atoms with Crippen LogP contribution < -0.4 is 10.1 Å². The number of carbonyl (C=O) groups excluding carboxylic acids is 1. The normalized spacial score (nSPS) is 14.8. The van der Waals surface area contributed by atoms with Crippen molar-refractivity contribution in [3.05, 3.63) is 76.8 Å². The van der Waals surface area contributed by atoms with Crippen molar-refractivity contribution in [2.24, 2.45) is 5.92 Å². The van der Waals surface area contributed by atoms with E-state index in [1.54, 1.807) is 28.8 Å². The Morgan fingerprint density at radius 3 is 2.41 bits per heavy atom. The van der Waals surface area contributed by atoms with Crippen molar-refractivity contribution >= 4 is 40.2 Å². The van der Waals surface area contributed by atoms with E-state index in [0.29, 0.717) is 22.1 Å². The van der Waals surface area contributed by atoms with Crippen molar-refractivity contribution < 1.29 is 28.2 Å². The molecule has 0 unspecified atom stereocenters. The first-order chi connectivity index (χ1) is 18.8. The van der Waals surface area contributed by atoms with Crippen molar-refractivity contribution in [2.75, 3.05) is 12.4 Å². The molecule has 10 heteroatoms. The van der Waals surface area contributed by atoms with Crippen molar-refractivity contribution in [3.8, 4) is 17.1 Å². The number of anilines is 1. The molecule has 202 valence electrons.